The van der Waals surface area contributed by atoms with E-state index in [1.165, 1.54) is 0 Å². The molecule has 22 heavy (non-hydrogen) atoms. The Labute approximate surface area is 135 Å². The average Bonchev–Trinajstić information content (AvgIpc) is 3.02. The normalized spacial score (nSPS) is 16.6. The van der Waals surface area contributed by atoms with Gasteiger partial charge in [0.15, 0.2) is 0 Å². The summed E-state index contributed by atoms with van der Waals surface area (Å²) in [5.74, 6) is 3.17. The summed E-state index contributed by atoms with van der Waals surface area (Å²) in [5.41, 5.74) is 8.39. The van der Waals surface area contributed by atoms with Crippen LogP contribution in [0, 0.1) is 12.0 Å². The van der Waals surface area contributed by atoms with Gasteiger partial charge in [0.1, 0.15) is 0 Å². The van der Waals surface area contributed by atoms with Crippen LogP contribution in [0.3, 0.4) is 0 Å². The first-order valence-corrected chi connectivity index (χ1v) is 7.54. The highest BCUT2D eigenvalue weighted by atomic mass is 35.5. The number of hydrazine groups is 2. The highest BCUT2D eigenvalue weighted by Crippen LogP contribution is 2.23. The lowest BCUT2D eigenvalue weighted by molar-refractivity contribution is 0.202. The minimum absolute atomic E-state index is 0.731. The molecule has 1 aromatic carbocycles. The highest BCUT2D eigenvalue weighted by Gasteiger charge is 2.14. The average molecular weight is 313 g/mol. The maximum Gasteiger partial charge on any atom is 0.0766 e. The van der Waals surface area contributed by atoms with Crippen molar-refractivity contribution in [3.63, 3.8) is 0 Å². The van der Waals surface area contributed by atoms with Crippen LogP contribution in [-0.4, -0.2) is 23.1 Å². The van der Waals surface area contributed by atoms with Gasteiger partial charge in [-0.3, -0.25) is 5.43 Å². The van der Waals surface area contributed by atoms with E-state index in [4.69, 9.17) is 11.6 Å². The summed E-state index contributed by atoms with van der Waals surface area (Å²) < 4.78 is 0. The van der Waals surface area contributed by atoms with Gasteiger partial charge in [-0.05, 0) is 12.1 Å². The van der Waals surface area contributed by atoms with Crippen LogP contribution in [0.15, 0.2) is 54.9 Å². The number of hydrogen-bond acceptors (Lipinski definition) is 4. The first-order valence-electron chi connectivity index (χ1n) is 7.17. The van der Waals surface area contributed by atoms with Gasteiger partial charge in [-0.15, -0.1) is 5.12 Å². The van der Waals surface area contributed by atoms with E-state index in [-0.39, 0.29) is 0 Å². The van der Waals surface area contributed by atoms with Crippen molar-refractivity contribution in [2.75, 3.05) is 13.1 Å². The van der Waals surface area contributed by atoms with Crippen molar-refractivity contribution in [3.05, 3.63) is 65.5 Å². The van der Waals surface area contributed by atoms with Crippen molar-refractivity contribution in [1.82, 2.24) is 20.9 Å². The van der Waals surface area contributed by atoms with Crippen molar-refractivity contribution >= 4 is 17.3 Å². The second kappa shape index (κ2) is 7.08. The van der Waals surface area contributed by atoms with E-state index in [9.17, 15) is 0 Å². The molecule has 0 aliphatic carbocycles. The summed E-state index contributed by atoms with van der Waals surface area (Å²) in [6.07, 6.45) is 10.7. The molecule has 5 heteroatoms. The van der Waals surface area contributed by atoms with Crippen molar-refractivity contribution in [2.24, 2.45) is 0 Å². The minimum atomic E-state index is 0.731. The molecule has 0 aromatic heterocycles. The van der Waals surface area contributed by atoms with Gasteiger partial charge in [0.05, 0.1) is 5.70 Å². The molecule has 1 aromatic rings. The van der Waals surface area contributed by atoms with Gasteiger partial charge < -0.3 is 10.3 Å². The van der Waals surface area contributed by atoms with E-state index in [0.717, 1.165) is 35.8 Å². The molecule has 112 valence electrons. The third-order valence-electron chi connectivity index (χ3n) is 3.28. The van der Waals surface area contributed by atoms with Crippen molar-refractivity contribution < 1.29 is 0 Å². The van der Waals surface area contributed by atoms with Crippen molar-refractivity contribution in [3.8, 4) is 12.0 Å². The predicted molar refractivity (Wildman–Crippen MR) is 89.8 cm³/mol. The summed E-state index contributed by atoms with van der Waals surface area (Å²) in [4.78, 5) is 1.97. The van der Waals surface area contributed by atoms with E-state index in [2.05, 4.69) is 28.9 Å². The van der Waals surface area contributed by atoms with Gasteiger partial charge >= 0.3 is 0 Å². The zero-order chi connectivity index (χ0) is 15.2. The Kier molecular flexibility index (Phi) is 4.69. The van der Waals surface area contributed by atoms with Crippen LogP contribution in [0.2, 0.25) is 5.02 Å². The summed E-state index contributed by atoms with van der Waals surface area (Å²) in [5, 5.41) is 2.63. The number of nitrogens with one attached hydrogen (secondary N) is 2. The Bertz CT molecular complexity index is 681. The summed E-state index contributed by atoms with van der Waals surface area (Å²) in [6.45, 7) is 1.62. The first-order chi connectivity index (χ1) is 10.8. The van der Waals surface area contributed by atoms with Crippen LogP contribution in [0.25, 0.3) is 5.70 Å². The van der Waals surface area contributed by atoms with E-state index < -0.39 is 0 Å². The van der Waals surface area contributed by atoms with E-state index in [1.807, 2.05) is 58.8 Å². The fourth-order valence-corrected chi connectivity index (χ4v) is 2.40. The van der Waals surface area contributed by atoms with Gasteiger partial charge in [-0.25, -0.2) is 0 Å². The van der Waals surface area contributed by atoms with Gasteiger partial charge in [-0.1, -0.05) is 47.9 Å². The minimum Gasteiger partial charge on any atom is -0.307 e. The van der Waals surface area contributed by atoms with E-state index in [0.29, 0.717) is 0 Å². The third-order valence-corrected chi connectivity index (χ3v) is 3.61. The molecule has 0 spiro atoms. The van der Waals surface area contributed by atoms with Crippen LogP contribution in [-0.2, 0) is 0 Å². The molecule has 0 saturated carbocycles. The van der Waals surface area contributed by atoms with Crippen molar-refractivity contribution in [2.45, 2.75) is 6.42 Å². The predicted octanol–water partition coefficient (Wildman–Crippen LogP) is 2.70. The van der Waals surface area contributed by atoms with Gasteiger partial charge in [0, 0.05) is 48.5 Å². The SMILES string of the molecule is Clc1ccccc1C1=CNN(CCC#CN2C=CC=CC2)N1. The zero-order valence-electron chi connectivity index (χ0n) is 12.1. The van der Waals surface area contributed by atoms with E-state index in [1.54, 1.807) is 0 Å². The number of nitrogens with zero attached hydrogens (tertiary/aromatic N) is 2. The number of benzene rings is 1. The lowest BCUT2D eigenvalue weighted by Gasteiger charge is -2.17. The standard InChI is InChI=1S/C17H17ClN4/c18-16-9-3-2-8-15(16)17-14-19-22(20-17)13-7-6-12-21-10-4-1-5-11-21/h1-5,8-10,14,19-20H,7,11,13H2. The fourth-order valence-electron chi connectivity index (χ4n) is 2.17. The Balaban J connectivity index is 1.47. The highest BCUT2D eigenvalue weighted by molar-refractivity contribution is 6.32. The number of rotatable bonds is 3. The van der Waals surface area contributed by atoms with Gasteiger partial charge in [0.25, 0.3) is 0 Å². The Morgan fingerprint density at radius 3 is 2.95 bits per heavy atom. The lowest BCUT2D eigenvalue weighted by atomic mass is 10.2. The smallest absolute Gasteiger partial charge is 0.0766 e. The number of hydrogen-bond donors (Lipinski definition) is 2. The first kappa shape index (κ1) is 14.6. The van der Waals surface area contributed by atoms with Gasteiger partial charge in [0.2, 0.25) is 0 Å². The molecule has 0 unspecified atom stereocenters. The Morgan fingerprint density at radius 2 is 2.14 bits per heavy atom. The molecule has 2 N–H and O–H groups in total. The van der Waals surface area contributed by atoms with Crippen LogP contribution >= 0.6 is 11.6 Å². The van der Waals surface area contributed by atoms with Crippen LogP contribution in [0.4, 0.5) is 0 Å². The number of allylic oxidation sites excluding steroid dienone is 2. The van der Waals surface area contributed by atoms with Crippen LogP contribution < -0.4 is 10.9 Å². The zero-order valence-corrected chi connectivity index (χ0v) is 12.8. The summed E-state index contributed by atoms with van der Waals surface area (Å²) in [7, 11) is 0. The monoisotopic (exact) mass is 312 g/mol. The quantitative estimate of drug-likeness (QED) is 0.840. The second-order valence-corrected chi connectivity index (χ2v) is 5.30. The Morgan fingerprint density at radius 1 is 1.23 bits per heavy atom. The van der Waals surface area contributed by atoms with Gasteiger partial charge in [-0.2, -0.15) is 0 Å². The molecular formula is C17H17ClN4. The maximum absolute atomic E-state index is 6.20. The molecule has 2 aliphatic heterocycles. The van der Waals surface area contributed by atoms with E-state index >= 15 is 0 Å². The molecule has 0 atom stereocenters. The second-order valence-electron chi connectivity index (χ2n) is 4.89. The molecule has 0 radical (unpaired) electrons. The fraction of sp³-hybridized carbons (Fsp3) is 0.176. The molecule has 2 heterocycles. The lowest BCUT2D eigenvalue weighted by Crippen LogP contribution is -2.39. The number of halogens is 1. The maximum atomic E-state index is 6.20. The molecule has 3 rings (SSSR count). The van der Waals surface area contributed by atoms with Crippen LogP contribution in [0.5, 0.6) is 0 Å². The molecule has 0 saturated heterocycles. The molecule has 4 nitrogen and oxygen atoms in total. The largest absolute Gasteiger partial charge is 0.307 e. The Hall–Kier alpha value is -2.35. The molecule has 2 aliphatic rings. The third kappa shape index (κ3) is 3.64. The molecular weight excluding hydrogens is 296 g/mol. The van der Waals surface area contributed by atoms with Crippen molar-refractivity contribution in [1.29, 1.82) is 0 Å². The molecule has 0 amide bonds. The summed E-state index contributed by atoms with van der Waals surface area (Å²) in [6, 6.07) is 10.9. The summed E-state index contributed by atoms with van der Waals surface area (Å²) >= 11 is 6.20. The molecule has 0 bridgehead atoms. The topological polar surface area (TPSA) is 30.5 Å². The molecule has 0 fully saturated rings. The van der Waals surface area contributed by atoms with Crippen LogP contribution in [0.1, 0.15) is 12.0 Å².